The van der Waals surface area contributed by atoms with Crippen molar-refractivity contribution in [3.63, 3.8) is 0 Å². The fourth-order valence-corrected chi connectivity index (χ4v) is 3.06. The molecule has 0 saturated carbocycles. The monoisotopic (exact) mass is 440 g/mol. The molecule has 0 bridgehead atoms. The second kappa shape index (κ2) is 7.43. The third-order valence-corrected chi connectivity index (χ3v) is 4.62. The molecule has 0 spiro atoms. The van der Waals surface area contributed by atoms with Crippen molar-refractivity contribution < 1.29 is 9.53 Å². The number of carbonyl (C=O) groups excluding carboxylic acids is 1. The van der Waals surface area contributed by atoms with Crippen molar-refractivity contribution in [2.75, 3.05) is 5.32 Å². The number of hydrogen-bond acceptors (Lipinski definition) is 5. The molecule has 142 valence electrons. The fraction of sp³-hybridized carbons (Fsp3) is 0.158. The molecule has 0 atom stereocenters. The van der Waals surface area contributed by atoms with Crippen LogP contribution in [0.15, 0.2) is 53.4 Å². The highest BCUT2D eigenvalue weighted by Gasteiger charge is 2.16. The van der Waals surface area contributed by atoms with Gasteiger partial charge in [0.2, 0.25) is 0 Å². The zero-order valence-corrected chi connectivity index (χ0v) is 16.8. The van der Waals surface area contributed by atoms with Gasteiger partial charge in [-0.1, -0.05) is 15.9 Å². The third kappa shape index (κ3) is 3.74. The highest BCUT2D eigenvalue weighted by Crippen LogP contribution is 2.17. The summed E-state index contributed by atoms with van der Waals surface area (Å²) in [5.74, 6) is 0.438. The number of ether oxygens (including phenoxy) is 1. The van der Waals surface area contributed by atoms with Crippen molar-refractivity contribution >= 4 is 33.2 Å². The molecule has 0 saturated heterocycles. The topological polar surface area (TPSA) is 86.3 Å². The standard InChI is InChI=1S/C19H17BrN6O2/c1-12-7-13(2)26-18(23-12)17(9-22-26)19(27)24-15-8-21-25(10-15)11-28-16-5-3-14(20)4-6-16/h3-10H,11H2,1-2H3,(H,24,27). The molecule has 0 aliphatic carbocycles. The summed E-state index contributed by atoms with van der Waals surface area (Å²) >= 11 is 3.38. The van der Waals surface area contributed by atoms with Gasteiger partial charge in [0.25, 0.3) is 5.91 Å². The van der Waals surface area contributed by atoms with Gasteiger partial charge in [0.1, 0.15) is 11.3 Å². The summed E-state index contributed by atoms with van der Waals surface area (Å²) in [4.78, 5) is 17.1. The number of nitrogens with one attached hydrogen (secondary N) is 1. The van der Waals surface area contributed by atoms with Crippen molar-refractivity contribution in [2.45, 2.75) is 20.6 Å². The maximum Gasteiger partial charge on any atom is 0.261 e. The highest BCUT2D eigenvalue weighted by molar-refractivity contribution is 9.10. The van der Waals surface area contributed by atoms with Gasteiger partial charge >= 0.3 is 0 Å². The van der Waals surface area contributed by atoms with Gasteiger partial charge in [-0.25, -0.2) is 14.2 Å². The Balaban J connectivity index is 1.45. The number of hydrogen-bond donors (Lipinski definition) is 1. The molecule has 28 heavy (non-hydrogen) atoms. The molecule has 8 nitrogen and oxygen atoms in total. The average molecular weight is 441 g/mol. The fourth-order valence-electron chi connectivity index (χ4n) is 2.80. The van der Waals surface area contributed by atoms with Gasteiger partial charge in [-0.2, -0.15) is 10.2 Å². The number of fused-ring (bicyclic) bond motifs is 1. The Morgan fingerprint density at radius 2 is 1.96 bits per heavy atom. The van der Waals surface area contributed by atoms with Gasteiger partial charge in [-0.15, -0.1) is 0 Å². The number of nitrogens with zero attached hydrogens (tertiary/aromatic N) is 5. The number of halogens is 1. The van der Waals surface area contributed by atoms with Gasteiger partial charge in [0, 0.05) is 15.9 Å². The van der Waals surface area contributed by atoms with E-state index >= 15 is 0 Å². The predicted molar refractivity (Wildman–Crippen MR) is 107 cm³/mol. The molecule has 4 rings (SSSR count). The highest BCUT2D eigenvalue weighted by atomic mass is 79.9. The number of aromatic nitrogens is 5. The zero-order valence-electron chi connectivity index (χ0n) is 15.3. The molecule has 0 fully saturated rings. The average Bonchev–Trinajstić information content (AvgIpc) is 3.28. The molecule has 0 aliphatic heterocycles. The van der Waals surface area contributed by atoms with Crippen molar-refractivity contribution in [1.29, 1.82) is 0 Å². The van der Waals surface area contributed by atoms with Crippen molar-refractivity contribution in [2.24, 2.45) is 0 Å². The molecular formula is C19H17BrN6O2. The van der Waals surface area contributed by atoms with Gasteiger partial charge in [-0.05, 0) is 44.2 Å². The Hall–Kier alpha value is -3.20. The van der Waals surface area contributed by atoms with E-state index in [2.05, 4.69) is 36.4 Å². The summed E-state index contributed by atoms with van der Waals surface area (Å²) < 4.78 is 9.90. The number of benzene rings is 1. The van der Waals surface area contributed by atoms with Crippen LogP contribution in [-0.4, -0.2) is 30.3 Å². The van der Waals surface area contributed by atoms with E-state index in [1.165, 1.54) is 6.20 Å². The van der Waals surface area contributed by atoms with E-state index in [0.29, 0.717) is 16.9 Å². The molecule has 0 unspecified atom stereocenters. The molecule has 9 heteroatoms. The summed E-state index contributed by atoms with van der Waals surface area (Å²) in [7, 11) is 0. The van der Waals surface area contributed by atoms with Gasteiger partial charge in [0.05, 0.1) is 24.3 Å². The van der Waals surface area contributed by atoms with E-state index < -0.39 is 0 Å². The van der Waals surface area contributed by atoms with Crippen LogP contribution in [0.5, 0.6) is 5.75 Å². The Morgan fingerprint density at radius 1 is 1.18 bits per heavy atom. The maximum absolute atomic E-state index is 12.7. The molecule has 4 aromatic rings. The molecule has 1 amide bonds. The Kier molecular flexibility index (Phi) is 4.82. The van der Waals surface area contributed by atoms with Gasteiger partial charge < -0.3 is 10.1 Å². The van der Waals surface area contributed by atoms with Crippen LogP contribution in [0.2, 0.25) is 0 Å². The minimum absolute atomic E-state index is 0.230. The lowest BCUT2D eigenvalue weighted by Gasteiger charge is -2.06. The van der Waals surface area contributed by atoms with Crippen LogP contribution >= 0.6 is 15.9 Å². The maximum atomic E-state index is 12.7. The molecule has 0 aliphatic rings. The van der Waals surface area contributed by atoms with E-state index in [-0.39, 0.29) is 12.6 Å². The number of aryl methyl sites for hydroxylation is 2. The first-order chi connectivity index (χ1) is 13.5. The van der Waals surface area contributed by atoms with E-state index in [4.69, 9.17) is 4.74 Å². The molecule has 1 aromatic carbocycles. The molecule has 3 aromatic heterocycles. The lowest BCUT2D eigenvalue weighted by molar-refractivity contribution is 0.102. The van der Waals surface area contributed by atoms with Crippen LogP contribution in [0, 0.1) is 13.8 Å². The minimum Gasteiger partial charge on any atom is -0.471 e. The van der Waals surface area contributed by atoms with E-state index in [1.807, 2.05) is 44.2 Å². The van der Waals surface area contributed by atoms with Crippen LogP contribution in [0.1, 0.15) is 21.7 Å². The number of amides is 1. The first kappa shape index (κ1) is 18.2. The first-order valence-electron chi connectivity index (χ1n) is 8.54. The molecular weight excluding hydrogens is 424 g/mol. The van der Waals surface area contributed by atoms with E-state index in [1.54, 1.807) is 21.6 Å². The lowest BCUT2D eigenvalue weighted by atomic mass is 10.3. The van der Waals surface area contributed by atoms with Crippen LogP contribution in [0.4, 0.5) is 5.69 Å². The van der Waals surface area contributed by atoms with Crippen LogP contribution in [0.25, 0.3) is 5.65 Å². The van der Waals surface area contributed by atoms with Crippen molar-refractivity contribution in [1.82, 2.24) is 24.4 Å². The second-order valence-electron chi connectivity index (χ2n) is 6.28. The summed E-state index contributed by atoms with van der Waals surface area (Å²) in [6.07, 6.45) is 4.79. The number of carbonyl (C=O) groups is 1. The van der Waals surface area contributed by atoms with Crippen LogP contribution < -0.4 is 10.1 Å². The summed E-state index contributed by atoms with van der Waals surface area (Å²) in [6, 6.07) is 9.43. The van der Waals surface area contributed by atoms with Crippen LogP contribution in [0.3, 0.4) is 0 Å². The van der Waals surface area contributed by atoms with Crippen molar-refractivity contribution in [3.05, 3.63) is 70.3 Å². The van der Waals surface area contributed by atoms with Gasteiger partial charge in [-0.3, -0.25) is 4.79 Å². The SMILES string of the molecule is Cc1cc(C)n2ncc(C(=O)Nc3cnn(COc4ccc(Br)cc4)c3)c2n1. The van der Waals surface area contributed by atoms with Gasteiger partial charge in [0.15, 0.2) is 12.4 Å². The predicted octanol–water partition coefficient (Wildman–Crippen LogP) is 3.59. The molecule has 3 heterocycles. The molecule has 0 radical (unpaired) electrons. The second-order valence-corrected chi connectivity index (χ2v) is 7.20. The Bertz CT molecular complexity index is 1150. The van der Waals surface area contributed by atoms with E-state index in [9.17, 15) is 4.79 Å². The smallest absolute Gasteiger partial charge is 0.261 e. The quantitative estimate of drug-likeness (QED) is 0.512. The number of anilines is 1. The third-order valence-electron chi connectivity index (χ3n) is 4.09. The molecule has 1 N–H and O–H groups in total. The summed E-state index contributed by atoms with van der Waals surface area (Å²) in [6.45, 7) is 4.04. The summed E-state index contributed by atoms with van der Waals surface area (Å²) in [5, 5.41) is 11.3. The normalized spacial score (nSPS) is 11.0. The number of rotatable bonds is 5. The first-order valence-corrected chi connectivity index (χ1v) is 9.33. The summed E-state index contributed by atoms with van der Waals surface area (Å²) in [5.41, 5.74) is 3.25. The largest absolute Gasteiger partial charge is 0.471 e. The van der Waals surface area contributed by atoms with Crippen LogP contribution in [-0.2, 0) is 6.73 Å². The van der Waals surface area contributed by atoms with Crippen molar-refractivity contribution in [3.8, 4) is 5.75 Å². The van der Waals surface area contributed by atoms with E-state index in [0.717, 1.165) is 21.6 Å². The Morgan fingerprint density at radius 3 is 2.75 bits per heavy atom. The minimum atomic E-state index is -0.291. The lowest BCUT2D eigenvalue weighted by Crippen LogP contribution is -2.12. The zero-order chi connectivity index (χ0) is 19.7. The Labute approximate surface area is 169 Å².